The highest BCUT2D eigenvalue weighted by Gasteiger charge is 2.28. The maximum atomic E-state index is 12.7. The van der Waals surface area contributed by atoms with Gasteiger partial charge in [0, 0.05) is 17.2 Å². The Labute approximate surface area is 166 Å². The molecule has 0 saturated heterocycles. The Kier molecular flexibility index (Phi) is 4.96. The Morgan fingerprint density at radius 1 is 1.11 bits per heavy atom. The first-order chi connectivity index (χ1) is 13.4. The van der Waals surface area contributed by atoms with E-state index in [2.05, 4.69) is 20.2 Å². The number of benzene rings is 2. The van der Waals surface area contributed by atoms with Crippen molar-refractivity contribution in [3.63, 3.8) is 0 Å². The number of aromatic nitrogens is 2. The molecule has 0 aliphatic heterocycles. The SMILES string of the molecule is Cc1ccc(S(=O)(=O)NC2CC2)cc1C(=O)Nc1nnc(-c2ccccc2)s1. The Morgan fingerprint density at radius 3 is 2.57 bits per heavy atom. The van der Waals surface area contributed by atoms with Crippen molar-refractivity contribution in [3.05, 3.63) is 59.7 Å². The fourth-order valence-electron chi connectivity index (χ4n) is 2.64. The summed E-state index contributed by atoms with van der Waals surface area (Å²) in [6, 6.07) is 14.1. The molecule has 0 unspecified atom stereocenters. The highest BCUT2D eigenvalue weighted by molar-refractivity contribution is 7.89. The van der Waals surface area contributed by atoms with Crippen LogP contribution in [0.25, 0.3) is 10.6 Å². The van der Waals surface area contributed by atoms with E-state index in [9.17, 15) is 13.2 Å². The molecule has 0 atom stereocenters. The van der Waals surface area contributed by atoms with E-state index in [4.69, 9.17) is 0 Å². The first kappa shape index (κ1) is 18.7. The van der Waals surface area contributed by atoms with E-state index < -0.39 is 15.9 Å². The van der Waals surface area contributed by atoms with Crippen molar-refractivity contribution in [2.45, 2.75) is 30.7 Å². The number of hydrogen-bond donors (Lipinski definition) is 2. The van der Waals surface area contributed by atoms with Crippen LogP contribution in [0, 0.1) is 6.92 Å². The van der Waals surface area contributed by atoms with Gasteiger partial charge in [-0.2, -0.15) is 0 Å². The molecule has 1 fully saturated rings. The lowest BCUT2D eigenvalue weighted by Gasteiger charge is -2.10. The molecule has 144 valence electrons. The van der Waals surface area contributed by atoms with Crippen LogP contribution in [0.3, 0.4) is 0 Å². The number of anilines is 1. The van der Waals surface area contributed by atoms with E-state index in [1.165, 1.54) is 23.5 Å². The van der Waals surface area contributed by atoms with Crippen LogP contribution in [0.4, 0.5) is 5.13 Å². The zero-order valence-corrected chi connectivity index (χ0v) is 16.7. The van der Waals surface area contributed by atoms with Crippen LogP contribution in [0.2, 0.25) is 0 Å². The summed E-state index contributed by atoms with van der Waals surface area (Å²) in [6.45, 7) is 1.76. The summed E-state index contributed by atoms with van der Waals surface area (Å²) in [7, 11) is -3.63. The van der Waals surface area contributed by atoms with Gasteiger partial charge in [-0.15, -0.1) is 10.2 Å². The van der Waals surface area contributed by atoms with Gasteiger partial charge < -0.3 is 0 Å². The smallest absolute Gasteiger partial charge is 0.257 e. The molecule has 1 saturated carbocycles. The molecule has 1 aromatic heterocycles. The van der Waals surface area contributed by atoms with Gasteiger partial charge in [0.2, 0.25) is 15.2 Å². The van der Waals surface area contributed by atoms with Gasteiger partial charge >= 0.3 is 0 Å². The summed E-state index contributed by atoms with van der Waals surface area (Å²) in [4.78, 5) is 12.8. The van der Waals surface area contributed by atoms with Crippen molar-refractivity contribution in [1.29, 1.82) is 0 Å². The van der Waals surface area contributed by atoms with Crippen molar-refractivity contribution >= 4 is 32.4 Å². The van der Waals surface area contributed by atoms with E-state index >= 15 is 0 Å². The number of nitrogens with one attached hydrogen (secondary N) is 2. The first-order valence-corrected chi connectivity index (χ1v) is 11.1. The number of nitrogens with zero attached hydrogens (tertiary/aromatic N) is 2. The molecule has 7 nitrogen and oxygen atoms in total. The van der Waals surface area contributed by atoms with Gasteiger partial charge in [0.25, 0.3) is 5.91 Å². The zero-order chi connectivity index (χ0) is 19.7. The number of amides is 1. The van der Waals surface area contributed by atoms with Gasteiger partial charge in [-0.05, 0) is 37.5 Å². The molecule has 0 radical (unpaired) electrons. The normalized spacial score (nSPS) is 14.0. The molecule has 0 bridgehead atoms. The average molecular weight is 415 g/mol. The maximum Gasteiger partial charge on any atom is 0.257 e. The average Bonchev–Trinajstić information content (AvgIpc) is 3.36. The molecule has 1 heterocycles. The van der Waals surface area contributed by atoms with Crippen LogP contribution in [-0.4, -0.2) is 30.6 Å². The molecule has 1 aliphatic carbocycles. The quantitative estimate of drug-likeness (QED) is 0.645. The molecule has 3 aromatic rings. The van der Waals surface area contributed by atoms with Gasteiger partial charge in [0.15, 0.2) is 0 Å². The van der Waals surface area contributed by atoms with Crippen LogP contribution >= 0.6 is 11.3 Å². The molecule has 1 amide bonds. The van der Waals surface area contributed by atoms with Crippen LogP contribution in [0.5, 0.6) is 0 Å². The fraction of sp³-hybridized carbons (Fsp3) is 0.211. The highest BCUT2D eigenvalue weighted by atomic mass is 32.2. The number of sulfonamides is 1. The van der Waals surface area contributed by atoms with Gasteiger partial charge in [-0.1, -0.05) is 47.7 Å². The minimum Gasteiger partial charge on any atom is -0.296 e. The summed E-state index contributed by atoms with van der Waals surface area (Å²) >= 11 is 1.26. The Hall–Kier alpha value is -2.62. The van der Waals surface area contributed by atoms with E-state index in [1.807, 2.05) is 30.3 Å². The maximum absolute atomic E-state index is 12.7. The second-order valence-electron chi connectivity index (χ2n) is 6.60. The molecule has 9 heteroatoms. The van der Waals surface area contributed by atoms with Gasteiger partial charge in [0.1, 0.15) is 5.01 Å². The molecule has 28 heavy (non-hydrogen) atoms. The minimum absolute atomic E-state index is 0.00128. The highest BCUT2D eigenvalue weighted by Crippen LogP contribution is 2.27. The number of rotatable bonds is 6. The third-order valence-electron chi connectivity index (χ3n) is 4.33. The summed E-state index contributed by atoms with van der Waals surface area (Å²) in [5, 5.41) is 11.9. The molecule has 0 spiro atoms. The standard InChI is InChI=1S/C19H18N4O3S2/c1-12-7-10-15(28(25,26)23-14-8-9-14)11-16(12)17(24)20-19-22-21-18(27-19)13-5-3-2-4-6-13/h2-7,10-11,14,23H,8-9H2,1H3,(H,20,22,24). The summed E-state index contributed by atoms with van der Waals surface area (Å²) in [6.07, 6.45) is 1.69. The number of carbonyl (C=O) groups is 1. The van der Waals surface area contributed by atoms with Crippen molar-refractivity contribution in [1.82, 2.24) is 14.9 Å². The predicted molar refractivity (Wildman–Crippen MR) is 108 cm³/mol. The Balaban J connectivity index is 1.55. The summed E-state index contributed by atoms with van der Waals surface area (Å²) < 4.78 is 27.5. The molecule has 2 N–H and O–H groups in total. The number of carbonyl (C=O) groups excluding carboxylic acids is 1. The van der Waals surface area contributed by atoms with Gasteiger partial charge in [-0.3, -0.25) is 10.1 Å². The summed E-state index contributed by atoms with van der Waals surface area (Å²) in [5.41, 5.74) is 1.88. The van der Waals surface area contributed by atoms with Crippen LogP contribution in [-0.2, 0) is 10.0 Å². The number of aryl methyl sites for hydroxylation is 1. The van der Waals surface area contributed by atoms with Crippen LogP contribution in [0.15, 0.2) is 53.4 Å². The van der Waals surface area contributed by atoms with E-state index in [0.29, 0.717) is 15.7 Å². The third-order valence-corrected chi connectivity index (χ3v) is 6.74. The lowest BCUT2D eigenvalue weighted by molar-refractivity contribution is 0.102. The monoisotopic (exact) mass is 414 g/mol. The van der Waals surface area contributed by atoms with E-state index in [1.54, 1.807) is 13.0 Å². The molecular weight excluding hydrogens is 396 g/mol. The van der Waals surface area contributed by atoms with Gasteiger partial charge in [0.05, 0.1) is 4.90 Å². The van der Waals surface area contributed by atoms with Crippen LogP contribution in [0.1, 0.15) is 28.8 Å². The van der Waals surface area contributed by atoms with Crippen molar-refractivity contribution in [3.8, 4) is 10.6 Å². The van der Waals surface area contributed by atoms with Crippen LogP contribution < -0.4 is 10.0 Å². The van der Waals surface area contributed by atoms with Crippen molar-refractivity contribution < 1.29 is 13.2 Å². The van der Waals surface area contributed by atoms with Gasteiger partial charge in [-0.25, -0.2) is 13.1 Å². The minimum atomic E-state index is -3.63. The second kappa shape index (κ2) is 7.42. The van der Waals surface area contributed by atoms with Crippen molar-refractivity contribution in [2.24, 2.45) is 0 Å². The second-order valence-corrected chi connectivity index (χ2v) is 9.30. The fourth-order valence-corrected chi connectivity index (χ4v) is 4.71. The predicted octanol–water partition coefficient (Wildman–Crippen LogP) is 3.21. The summed E-state index contributed by atoms with van der Waals surface area (Å²) in [5.74, 6) is -0.420. The molecule has 4 rings (SSSR count). The Morgan fingerprint density at radius 2 is 1.86 bits per heavy atom. The van der Waals surface area contributed by atoms with E-state index in [-0.39, 0.29) is 16.5 Å². The molecule has 1 aliphatic rings. The van der Waals surface area contributed by atoms with Crippen molar-refractivity contribution in [2.75, 3.05) is 5.32 Å². The van der Waals surface area contributed by atoms with E-state index in [0.717, 1.165) is 18.4 Å². The third kappa shape index (κ3) is 4.11. The first-order valence-electron chi connectivity index (χ1n) is 8.76. The Bertz CT molecular complexity index is 1120. The molecule has 2 aromatic carbocycles. The number of hydrogen-bond acceptors (Lipinski definition) is 6. The zero-order valence-electron chi connectivity index (χ0n) is 15.0. The molecular formula is C19H18N4O3S2. The lowest BCUT2D eigenvalue weighted by Crippen LogP contribution is -2.26. The largest absolute Gasteiger partial charge is 0.296 e. The topological polar surface area (TPSA) is 101 Å². The lowest BCUT2D eigenvalue weighted by atomic mass is 10.1.